The number of hydrogen-bond acceptors (Lipinski definition) is 2. The molecule has 3 nitrogen and oxygen atoms in total. The Morgan fingerprint density at radius 2 is 1.85 bits per heavy atom. The zero-order chi connectivity index (χ0) is 9.94. The third-order valence-corrected chi connectivity index (χ3v) is 1.56. The molecule has 0 bridgehead atoms. The van der Waals surface area contributed by atoms with Crippen molar-refractivity contribution in [3.8, 4) is 0 Å². The minimum Gasteiger partial charge on any atom is -0.769 e. The van der Waals surface area contributed by atoms with E-state index in [2.05, 4.69) is 29.3 Å². The first kappa shape index (κ1) is 12.4. The van der Waals surface area contributed by atoms with Crippen LogP contribution in [-0.2, 0) is 6.54 Å². The zero-order valence-corrected chi connectivity index (χ0v) is 8.07. The van der Waals surface area contributed by atoms with Gasteiger partial charge >= 0.3 is 0 Å². The Morgan fingerprint density at radius 3 is 2.38 bits per heavy atom. The van der Waals surface area contributed by atoms with Gasteiger partial charge in [0.15, 0.2) is 0 Å². The first-order chi connectivity index (χ1) is 6.43. The van der Waals surface area contributed by atoms with E-state index in [0.29, 0.717) is 0 Å². The van der Waals surface area contributed by atoms with E-state index in [-0.39, 0.29) is 6.61 Å². The molecule has 0 aliphatic rings. The van der Waals surface area contributed by atoms with E-state index < -0.39 is 0 Å². The van der Waals surface area contributed by atoms with Crippen LogP contribution in [0.4, 0.5) is 0 Å². The summed E-state index contributed by atoms with van der Waals surface area (Å²) in [6, 6.07) is 10.3. The molecule has 0 spiro atoms. The van der Waals surface area contributed by atoms with Crippen LogP contribution < -0.4 is 9.98 Å². The van der Waals surface area contributed by atoms with Crippen LogP contribution in [0.5, 0.6) is 0 Å². The van der Waals surface area contributed by atoms with Gasteiger partial charge in [0, 0.05) is 5.56 Å². The number of hydrogen-bond donors (Lipinski definition) is 2. The second-order valence-corrected chi connectivity index (χ2v) is 2.49. The molecule has 0 aliphatic heterocycles. The minimum absolute atomic E-state index is 0.257. The number of rotatable bonds is 4. The average Bonchev–Trinajstić information content (AvgIpc) is 2.23. The van der Waals surface area contributed by atoms with Gasteiger partial charge in [-0.05, 0) is 0 Å². The molecular weight excluding hydrogens is 190 g/mol. The molecule has 3 N–H and O–H groups in total. The standard InChI is InChI=1S/C9H13NO.ClO/c11-7-6-10-8-9-4-2-1-3-5-9;1-2/h1-5,10-11H,6-8H2;/q;-1/p+1. The zero-order valence-electron chi connectivity index (χ0n) is 7.32. The number of aliphatic hydroxyl groups is 1. The average molecular weight is 204 g/mol. The van der Waals surface area contributed by atoms with Gasteiger partial charge in [0.2, 0.25) is 0 Å². The molecule has 1 aromatic carbocycles. The maximum atomic E-state index is 8.51. The van der Waals surface area contributed by atoms with E-state index in [1.807, 2.05) is 18.2 Å². The highest BCUT2D eigenvalue weighted by atomic mass is 35.5. The molecule has 1 aromatic rings. The number of quaternary nitrogens is 1. The predicted molar refractivity (Wildman–Crippen MR) is 49.9 cm³/mol. The normalized spacial score (nSPS) is 8.85. The summed E-state index contributed by atoms with van der Waals surface area (Å²) in [6.45, 7) is 2.00. The van der Waals surface area contributed by atoms with E-state index >= 15 is 0 Å². The Bertz CT molecular complexity index is 194. The van der Waals surface area contributed by atoms with Crippen LogP contribution in [0.15, 0.2) is 30.3 Å². The Kier molecular flexibility index (Phi) is 9.03. The fraction of sp³-hybridized carbons (Fsp3) is 0.333. The van der Waals surface area contributed by atoms with Crippen LogP contribution in [0.3, 0.4) is 0 Å². The summed E-state index contributed by atoms with van der Waals surface area (Å²) in [5.74, 6) is 0. The van der Waals surface area contributed by atoms with Gasteiger partial charge in [0.1, 0.15) is 6.54 Å². The highest BCUT2D eigenvalue weighted by molar-refractivity contribution is 6.02. The minimum atomic E-state index is 0.257. The lowest BCUT2D eigenvalue weighted by Crippen LogP contribution is -2.83. The lowest BCUT2D eigenvalue weighted by atomic mass is 10.2. The van der Waals surface area contributed by atoms with E-state index in [1.165, 1.54) is 5.56 Å². The quantitative estimate of drug-likeness (QED) is 0.633. The Labute approximate surface area is 83.1 Å². The smallest absolute Gasteiger partial charge is 0.101 e. The number of aliphatic hydroxyl groups excluding tert-OH is 1. The van der Waals surface area contributed by atoms with E-state index in [0.717, 1.165) is 13.1 Å². The summed E-state index contributed by atoms with van der Waals surface area (Å²) < 4.78 is 7.72. The molecule has 0 amide bonds. The molecule has 13 heavy (non-hydrogen) atoms. The van der Waals surface area contributed by atoms with E-state index in [1.54, 1.807) is 0 Å². The lowest BCUT2D eigenvalue weighted by molar-refractivity contribution is -0.671. The fourth-order valence-electron chi connectivity index (χ4n) is 0.974. The summed E-state index contributed by atoms with van der Waals surface area (Å²) in [4.78, 5) is 0. The number of nitrogens with two attached hydrogens (primary N) is 1. The maximum Gasteiger partial charge on any atom is 0.101 e. The molecule has 0 aliphatic carbocycles. The number of benzene rings is 1. The van der Waals surface area contributed by atoms with Gasteiger partial charge in [-0.2, -0.15) is 0 Å². The van der Waals surface area contributed by atoms with Gasteiger partial charge in [-0.15, -0.1) is 0 Å². The molecule has 74 valence electrons. The largest absolute Gasteiger partial charge is 0.769 e. The van der Waals surface area contributed by atoms with Crippen LogP contribution >= 0.6 is 11.9 Å². The topological polar surface area (TPSA) is 59.9 Å². The Balaban J connectivity index is 0.000000671. The summed E-state index contributed by atoms with van der Waals surface area (Å²) in [5.41, 5.74) is 1.31. The van der Waals surface area contributed by atoms with Crippen molar-refractivity contribution < 1.29 is 15.1 Å². The molecule has 0 heterocycles. The first-order valence-corrected chi connectivity index (χ1v) is 4.36. The molecule has 0 atom stereocenters. The van der Waals surface area contributed by atoms with Crippen molar-refractivity contribution in [2.45, 2.75) is 6.54 Å². The van der Waals surface area contributed by atoms with Crippen LogP contribution in [0.25, 0.3) is 0 Å². The monoisotopic (exact) mass is 203 g/mol. The van der Waals surface area contributed by atoms with Crippen molar-refractivity contribution >= 4 is 11.9 Å². The van der Waals surface area contributed by atoms with E-state index in [4.69, 9.17) is 9.77 Å². The van der Waals surface area contributed by atoms with Gasteiger partial charge in [-0.25, -0.2) is 11.9 Å². The first-order valence-electron chi connectivity index (χ1n) is 4.05. The molecule has 0 fully saturated rings. The molecule has 1 rings (SSSR count). The molecule has 0 radical (unpaired) electrons. The van der Waals surface area contributed by atoms with Crippen molar-refractivity contribution in [3.63, 3.8) is 0 Å². The molecule has 0 saturated carbocycles. The molecule has 0 aromatic heterocycles. The fourth-order valence-corrected chi connectivity index (χ4v) is 0.974. The van der Waals surface area contributed by atoms with Crippen LogP contribution in [-0.4, -0.2) is 18.3 Å². The van der Waals surface area contributed by atoms with Crippen molar-refractivity contribution in [3.05, 3.63) is 35.9 Å². The molecule has 4 heteroatoms. The highest BCUT2D eigenvalue weighted by Crippen LogP contribution is 1.93. The van der Waals surface area contributed by atoms with Crippen LogP contribution in [0.1, 0.15) is 5.56 Å². The Morgan fingerprint density at radius 1 is 1.23 bits per heavy atom. The van der Waals surface area contributed by atoms with Crippen molar-refractivity contribution in [2.24, 2.45) is 0 Å². The van der Waals surface area contributed by atoms with Crippen molar-refractivity contribution in [2.75, 3.05) is 13.2 Å². The third kappa shape index (κ3) is 6.54. The summed E-state index contributed by atoms with van der Waals surface area (Å²) in [6.07, 6.45) is 0. The van der Waals surface area contributed by atoms with Crippen molar-refractivity contribution in [1.82, 2.24) is 0 Å². The van der Waals surface area contributed by atoms with Gasteiger partial charge in [0.25, 0.3) is 0 Å². The second kappa shape index (κ2) is 9.48. The third-order valence-electron chi connectivity index (χ3n) is 1.56. The van der Waals surface area contributed by atoms with Gasteiger partial charge in [0.05, 0.1) is 13.2 Å². The second-order valence-electron chi connectivity index (χ2n) is 2.49. The van der Waals surface area contributed by atoms with Gasteiger partial charge < -0.3 is 15.1 Å². The van der Waals surface area contributed by atoms with Gasteiger partial charge in [-0.3, -0.25) is 0 Å². The van der Waals surface area contributed by atoms with Crippen LogP contribution in [0.2, 0.25) is 0 Å². The number of halogens is 1. The van der Waals surface area contributed by atoms with Crippen LogP contribution in [0, 0.1) is 0 Å². The summed E-state index contributed by atoms with van der Waals surface area (Å²) in [7, 11) is 0. The van der Waals surface area contributed by atoms with E-state index in [9.17, 15) is 0 Å². The van der Waals surface area contributed by atoms with Gasteiger partial charge in [-0.1, -0.05) is 30.3 Å². The Hall–Kier alpha value is -0.610. The maximum absolute atomic E-state index is 8.51. The molecule has 0 unspecified atom stereocenters. The molecule has 0 saturated heterocycles. The van der Waals surface area contributed by atoms with Crippen molar-refractivity contribution in [1.29, 1.82) is 0 Å². The SMILES string of the molecule is OCC[NH2+]Cc1ccccc1.[O-]Cl. The molecular formula is C9H14ClNO2. The summed E-state index contributed by atoms with van der Waals surface area (Å²) >= 11 is 3.39. The highest BCUT2D eigenvalue weighted by Gasteiger charge is 1.91. The lowest BCUT2D eigenvalue weighted by Gasteiger charge is -1.98. The summed E-state index contributed by atoms with van der Waals surface area (Å²) in [5, 5.41) is 10.6. The predicted octanol–water partition coefficient (Wildman–Crippen LogP) is -0.757.